The second-order valence-electron chi connectivity index (χ2n) is 8.47. The summed E-state index contributed by atoms with van der Waals surface area (Å²) in [7, 11) is 0. The zero-order valence-corrected chi connectivity index (χ0v) is 18.7. The summed E-state index contributed by atoms with van der Waals surface area (Å²) in [6, 6.07) is 23.8. The Hall–Kier alpha value is -3.80. The average molecular weight is 442 g/mol. The van der Waals surface area contributed by atoms with Crippen LogP contribution in [0.15, 0.2) is 72.8 Å². The number of fused-ring (bicyclic) bond motifs is 2. The maximum absolute atomic E-state index is 12.8. The van der Waals surface area contributed by atoms with Gasteiger partial charge in [0.2, 0.25) is 5.91 Å². The molecule has 0 aromatic heterocycles. The molecule has 2 amide bonds. The van der Waals surface area contributed by atoms with Gasteiger partial charge >= 0.3 is 0 Å². The molecule has 0 aliphatic carbocycles. The van der Waals surface area contributed by atoms with Crippen LogP contribution < -0.4 is 19.9 Å². The average Bonchev–Trinajstić information content (AvgIpc) is 3.23. The quantitative estimate of drug-likeness (QED) is 0.616. The number of para-hydroxylation sites is 4. The molecular weight excluding hydrogens is 414 g/mol. The number of benzene rings is 3. The first-order chi connectivity index (χ1) is 16.1. The van der Waals surface area contributed by atoms with Gasteiger partial charge in [-0.05, 0) is 48.7 Å². The van der Waals surface area contributed by atoms with Crippen molar-refractivity contribution in [3.63, 3.8) is 0 Å². The Bertz CT molecular complexity index is 1190. The number of anilines is 3. The van der Waals surface area contributed by atoms with Crippen LogP contribution in [0.5, 0.6) is 5.75 Å². The molecule has 2 aliphatic rings. The van der Waals surface area contributed by atoms with E-state index >= 15 is 0 Å². The minimum absolute atomic E-state index is 0.117. The van der Waals surface area contributed by atoms with Crippen molar-refractivity contribution in [1.29, 1.82) is 0 Å². The van der Waals surface area contributed by atoms with E-state index in [4.69, 9.17) is 4.74 Å². The second kappa shape index (κ2) is 8.98. The van der Waals surface area contributed by atoms with Crippen LogP contribution in [0.2, 0.25) is 0 Å². The molecule has 0 spiro atoms. The smallest absolute Gasteiger partial charge is 0.267 e. The van der Waals surface area contributed by atoms with Crippen LogP contribution in [-0.4, -0.2) is 31.0 Å². The van der Waals surface area contributed by atoms with Gasteiger partial charge in [-0.25, -0.2) is 0 Å². The molecule has 6 nitrogen and oxygen atoms in total. The summed E-state index contributed by atoms with van der Waals surface area (Å²) in [5, 5.41) is 3.06. The summed E-state index contributed by atoms with van der Waals surface area (Å²) in [4.78, 5) is 29.5. The number of rotatable bonds is 6. The molecule has 0 saturated carbocycles. The first kappa shape index (κ1) is 21.1. The van der Waals surface area contributed by atoms with E-state index in [0.717, 1.165) is 30.8 Å². The van der Waals surface area contributed by atoms with Crippen molar-refractivity contribution < 1.29 is 14.3 Å². The number of carbonyl (C=O) groups excluding carboxylic acids is 2. The van der Waals surface area contributed by atoms with Crippen LogP contribution in [0.3, 0.4) is 0 Å². The summed E-state index contributed by atoms with van der Waals surface area (Å²) >= 11 is 0. The Morgan fingerprint density at radius 2 is 1.73 bits per heavy atom. The summed E-state index contributed by atoms with van der Waals surface area (Å²) in [6.45, 7) is 3.74. The van der Waals surface area contributed by atoms with Crippen LogP contribution in [0.25, 0.3) is 0 Å². The highest BCUT2D eigenvalue weighted by molar-refractivity contribution is 6.01. The molecule has 3 aromatic rings. The molecule has 0 bridgehead atoms. The fourth-order valence-corrected chi connectivity index (χ4v) is 4.57. The van der Waals surface area contributed by atoms with Gasteiger partial charge in [0.1, 0.15) is 5.75 Å². The lowest BCUT2D eigenvalue weighted by Gasteiger charge is -2.32. The summed E-state index contributed by atoms with van der Waals surface area (Å²) < 4.78 is 5.68. The van der Waals surface area contributed by atoms with Crippen LogP contribution >= 0.6 is 0 Å². The normalized spacial score (nSPS) is 16.8. The van der Waals surface area contributed by atoms with E-state index in [9.17, 15) is 9.59 Å². The Balaban J connectivity index is 1.26. The van der Waals surface area contributed by atoms with Gasteiger partial charge in [-0.15, -0.1) is 0 Å². The molecule has 0 fully saturated rings. The number of nitrogens with one attached hydrogen (secondary N) is 1. The third-order valence-electron chi connectivity index (χ3n) is 6.27. The molecule has 2 heterocycles. The lowest BCUT2D eigenvalue weighted by atomic mass is 10.1. The topological polar surface area (TPSA) is 61.9 Å². The second-order valence-corrected chi connectivity index (χ2v) is 8.47. The molecule has 1 N–H and O–H groups in total. The van der Waals surface area contributed by atoms with Gasteiger partial charge in [0.05, 0.1) is 5.69 Å². The third-order valence-corrected chi connectivity index (χ3v) is 6.27. The lowest BCUT2D eigenvalue weighted by molar-refractivity contribution is -0.125. The molecule has 0 radical (unpaired) electrons. The van der Waals surface area contributed by atoms with E-state index in [1.165, 1.54) is 11.3 Å². The van der Waals surface area contributed by atoms with Gasteiger partial charge in [-0.3, -0.25) is 9.59 Å². The van der Waals surface area contributed by atoms with Crippen molar-refractivity contribution in [3.05, 3.63) is 83.9 Å². The van der Waals surface area contributed by atoms with Crippen molar-refractivity contribution in [2.75, 3.05) is 28.2 Å². The number of nitrogens with zero attached hydrogens (tertiary/aromatic N) is 2. The SMILES string of the molecule is CC1Oc2ccccc2N(CCC(=O)Nc2ccccc2CN2CCc3ccccc32)C1=O. The molecule has 2 aliphatic heterocycles. The first-order valence-electron chi connectivity index (χ1n) is 11.4. The Morgan fingerprint density at radius 3 is 2.61 bits per heavy atom. The number of hydrogen-bond acceptors (Lipinski definition) is 4. The highest BCUT2D eigenvalue weighted by atomic mass is 16.5. The Morgan fingerprint density at radius 1 is 1.00 bits per heavy atom. The highest BCUT2D eigenvalue weighted by Gasteiger charge is 2.31. The van der Waals surface area contributed by atoms with Crippen molar-refractivity contribution >= 4 is 28.9 Å². The van der Waals surface area contributed by atoms with Crippen molar-refractivity contribution in [2.45, 2.75) is 32.4 Å². The van der Waals surface area contributed by atoms with E-state index < -0.39 is 6.10 Å². The molecule has 6 heteroatoms. The predicted molar refractivity (Wildman–Crippen MR) is 130 cm³/mol. The Labute approximate surface area is 193 Å². The van der Waals surface area contributed by atoms with Crippen LogP contribution in [0.1, 0.15) is 24.5 Å². The number of carbonyl (C=O) groups is 2. The standard InChI is InChI=1S/C27H27N3O3/c1-19-27(32)30(24-12-6-7-13-25(24)33-19)17-15-26(31)28-22-10-4-2-9-21(22)18-29-16-14-20-8-3-5-11-23(20)29/h2-13,19H,14-18H2,1H3,(H,28,31). The van der Waals surface area contributed by atoms with E-state index in [-0.39, 0.29) is 18.2 Å². The molecule has 1 unspecified atom stereocenters. The Kier molecular flexibility index (Phi) is 5.73. The maximum atomic E-state index is 12.8. The van der Waals surface area contributed by atoms with E-state index in [2.05, 4.69) is 40.5 Å². The van der Waals surface area contributed by atoms with Crippen molar-refractivity contribution in [2.24, 2.45) is 0 Å². The lowest BCUT2D eigenvalue weighted by Crippen LogP contribution is -2.45. The van der Waals surface area contributed by atoms with Crippen LogP contribution in [0.4, 0.5) is 17.1 Å². The highest BCUT2D eigenvalue weighted by Crippen LogP contribution is 2.34. The summed E-state index contributed by atoms with van der Waals surface area (Å²) in [5.74, 6) is 0.421. The van der Waals surface area contributed by atoms with Crippen molar-refractivity contribution in [1.82, 2.24) is 0 Å². The van der Waals surface area contributed by atoms with Gasteiger partial charge in [0.15, 0.2) is 6.10 Å². The van der Waals surface area contributed by atoms with Gasteiger partial charge in [-0.1, -0.05) is 48.5 Å². The molecular formula is C27H27N3O3. The van der Waals surface area contributed by atoms with E-state index in [1.54, 1.807) is 11.8 Å². The summed E-state index contributed by atoms with van der Waals surface area (Å²) in [5.41, 5.74) is 5.22. The van der Waals surface area contributed by atoms with Gasteiger partial charge in [0, 0.05) is 37.4 Å². The maximum Gasteiger partial charge on any atom is 0.267 e. The zero-order valence-electron chi connectivity index (χ0n) is 18.7. The number of ether oxygens (including phenoxy) is 1. The van der Waals surface area contributed by atoms with Gasteiger partial charge in [-0.2, -0.15) is 0 Å². The molecule has 0 saturated heterocycles. The third kappa shape index (κ3) is 4.29. The largest absolute Gasteiger partial charge is 0.479 e. The van der Waals surface area contributed by atoms with Crippen LogP contribution in [0, 0.1) is 0 Å². The first-order valence-corrected chi connectivity index (χ1v) is 11.4. The monoisotopic (exact) mass is 441 g/mol. The molecule has 33 heavy (non-hydrogen) atoms. The predicted octanol–water partition coefficient (Wildman–Crippen LogP) is 4.39. The minimum Gasteiger partial charge on any atom is -0.479 e. The summed E-state index contributed by atoms with van der Waals surface area (Å²) in [6.07, 6.45) is 0.679. The fourth-order valence-electron chi connectivity index (χ4n) is 4.57. The van der Waals surface area contributed by atoms with E-state index in [1.807, 2.05) is 42.5 Å². The van der Waals surface area contributed by atoms with Gasteiger partial charge in [0.25, 0.3) is 5.91 Å². The molecule has 3 aromatic carbocycles. The van der Waals surface area contributed by atoms with Crippen molar-refractivity contribution in [3.8, 4) is 5.75 Å². The number of amides is 2. The fraction of sp³-hybridized carbons (Fsp3) is 0.259. The molecule has 1 atom stereocenters. The van der Waals surface area contributed by atoms with Gasteiger partial charge < -0.3 is 19.9 Å². The van der Waals surface area contributed by atoms with Crippen LogP contribution in [-0.2, 0) is 22.6 Å². The molecule has 5 rings (SSSR count). The number of hydrogen-bond donors (Lipinski definition) is 1. The zero-order chi connectivity index (χ0) is 22.8. The molecule has 168 valence electrons. The van der Waals surface area contributed by atoms with E-state index in [0.29, 0.717) is 18.0 Å². The minimum atomic E-state index is -0.563.